The number of unbranched alkanes of at least 4 members (excludes halogenated alkanes) is 8. The first-order valence-electron chi connectivity index (χ1n) is 18.1. The summed E-state index contributed by atoms with van der Waals surface area (Å²) < 4.78 is 6.11. The zero-order valence-corrected chi connectivity index (χ0v) is 28.6. The van der Waals surface area contributed by atoms with Crippen molar-refractivity contribution in [3.05, 3.63) is 11.6 Å². The van der Waals surface area contributed by atoms with Gasteiger partial charge in [0.15, 0.2) is 5.78 Å². The van der Waals surface area contributed by atoms with Gasteiger partial charge >= 0.3 is 5.97 Å². The quantitative estimate of drug-likeness (QED) is 0.139. The van der Waals surface area contributed by atoms with Crippen LogP contribution >= 0.6 is 0 Å². The molecule has 0 bridgehead atoms. The summed E-state index contributed by atoms with van der Waals surface area (Å²) in [4.78, 5) is 38.8. The molecule has 7 atom stereocenters. The highest BCUT2D eigenvalue weighted by molar-refractivity contribution is 5.91. The van der Waals surface area contributed by atoms with E-state index in [1.807, 2.05) is 11.9 Å². The molecule has 244 valence electrons. The summed E-state index contributed by atoms with van der Waals surface area (Å²) in [6, 6.07) is 0. The lowest BCUT2D eigenvalue weighted by atomic mass is 9.44. The first-order chi connectivity index (χ1) is 20.4. The van der Waals surface area contributed by atoms with Gasteiger partial charge in [-0.2, -0.15) is 0 Å². The number of hydrogen-bond acceptors (Lipinski definition) is 4. The number of hydrogen-bond donors (Lipinski definition) is 0. The van der Waals surface area contributed by atoms with Crippen LogP contribution in [0.15, 0.2) is 11.6 Å². The van der Waals surface area contributed by atoms with Crippen molar-refractivity contribution in [1.29, 1.82) is 0 Å². The average Bonchev–Trinajstić information content (AvgIpc) is 3.22. The topological polar surface area (TPSA) is 63.7 Å². The third kappa shape index (κ3) is 7.43. The fraction of sp³-hybridized carbons (Fsp3) is 0.868. The molecule has 3 fully saturated rings. The summed E-state index contributed by atoms with van der Waals surface area (Å²) in [6.45, 7) is 11.7. The van der Waals surface area contributed by atoms with Gasteiger partial charge in [-0.15, -0.1) is 0 Å². The molecule has 5 nitrogen and oxygen atoms in total. The molecule has 0 unspecified atom stereocenters. The second-order valence-corrected chi connectivity index (χ2v) is 15.7. The average molecular weight is 598 g/mol. The van der Waals surface area contributed by atoms with Crippen molar-refractivity contribution in [3.63, 3.8) is 0 Å². The van der Waals surface area contributed by atoms with E-state index in [9.17, 15) is 14.4 Å². The Morgan fingerprint density at radius 3 is 2.23 bits per heavy atom. The van der Waals surface area contributed by atoms with Gasteiger partial charge in [0.2, 0.25) is 5.91 Å². The summed E-state index contributed by atoms with van der Waals surface area (Å²) in [5.74, 6) is 3.03. The minimum absolute atomic E-state index is 0.0374. The van der Waals surface area contributed by atoms with Crippen molar-refractivity contribution in [1.82, 2.24) is 4.90 Å². The third-order valence-corrected chi connectivity index (χ3v) is 13.0. The molecule has 3 saturated carbocycles. The lowest BCUT2D eigenvalue weighted by Gasteiger charge is -2.61. The SMILES string of the molecule is CCCCN(C)C(=O)CCCCCCCCCC[C@@H]1CC2=CC(=O)CC[C@]2(C)[C@H]2CC[C@@]3(C)[C@@H](CC[C@]3(C)OC(C)=O)[C@H]12. The van der Waals surface area contributed by atoms with Crippen LogP contribution in [0.25, 0.3) is 0 Å². The molecule has 0 aromatic carbocycles. The summed E-state index contributed by atoms with van der Waals surface area (Å²) in [7, 11) is 1.94. The molecule has 0 radical (unpaired) electrons. The molecule has 0 heterocycles. The minimum Gasteiger partial charge on any atom is -0.459 e. The predicted molar refractivity (Wildman–Crippen MR) is 174 cm³/mol. The molecule has 43 heavy (non-hydrogen) atoms. The van der Waals surface area contributed by atoms with Gasteiger partial charge in [-0.3, -0.25) is 14.4 Å². The zero-order valence-electron chi connectivity index (χ0n) is 28.6. The number of esters is 1. The Hall–Kier alpha value is -1.65. The number of fused-ring (bicyclic) bond motifs is 5. The molecular weight excluding hydrogens is 534 g/mol. The Morgan fingerprint density at radius 2 is 1.56 bits per heavy atom. The van der Waals surface area contributed by atoms with E-state index in [-0.39, 0.29) is 22.4 Å². The third-order valence-electron chi connectivity index (χ3n) is 13.0. The Morgan fingerprint density at radius 1 is 0.907 bits per heavy atom. The number of amides is 1. The van der Waals surface area contributed by atoms with Crippen LogP contribution in [0.2, 0.25) is 0 Å². The van der Waals surface area contributed by atoms with Gasteiger partial charge in [-0.1, -0.05) is 77.7 Å². The van der Waals surface area contributed by atoms with Crippen molar-refractivity contribution >= 4 is 17.7 Å². The van der Waals surface area contributed by atoms with Crippen LogP contribution < -0.4 is 0 Å². The van der Waals surface area contributed by atoms with E-state index in [1.54, 1.807) is 6.92 Å². The normalized spacial score (nSPS) is 35.0. The van der Waals surface area contributed by atoms with E-state index in [1.165, 1.54) is 56.9 Å². The fourth-order valence-corrected chi connectivity index (χ4v) is 10.2. The molecule has 0 saturated heterocycles. The lowest BCUT2D eigenvalue weighted by molar-refractivity contribution is -0.180. The molecular formula is C38H63NO4. The highest BCUT2D eigenvalue weighted by Gasteiger charge is 2.65. The van der Waals surface area contributed by atoms with Gasteiger partial charge < -0.3 is 9.64 Å². The van der Waals surface area contributed by atoms with Gasteiger partial charge in [-0.25, -0.2) is 0 Å². The van der Waals surface area contributed by atoms with E-state index < -0.39 is 0 Å². The Labute approximate surface area is 263 Å². The Balaban J connectivity index is 1.28. The van der Waals surface area contributed by atoms with E-state index in [2.05, 4.69) is 33.8 Å². The maximum absolute atomic E-state index is 12.5. The number of carbonyl (C=O) groups is 3. The number of nitrogens with zero attached hydrogens (tertiary/aromatic N) is 1. The summed E-state index contributed by atoms with van der Waals surface area (Å²) >= 11 is 0. The number of carbonyl (C=O) groups excluding carboxylic acids is 3. The first kappa shape index (κ1) is 34.2. The second-order valence-electron chi connectivity index (χ2n) is 15.7. The monoisotopic (exact) mass is 597 g/mol. The Bertz CT molecular complexity index is 1020. The molecule has 0 spiro atoms. The van der Waals surface area contributed by atoms with Crippen molar-refractivity contribution in [2.45, 2.75) is 162 Å². The van der Waals surface area contributed by atoms with Gasteiger partial charge in [0, 0.05) is 38.8 Å². The smallest absolute Gasteiger partial charge is 0.303 e. The van der Waals surface area contributed by atoms with Crippen molar-refractivity contribution < 1.29 is 19.1 Å². The van der Waals surface area contributed by atoms with Crippen LogP contribution in [0.1, 0.15) is 157 Å². The van der Waals surface area contributed by atoms with Crippen molar-refractivity contribution in [3.8, 4) is 0 Å². The van der Waals surface area contributed by atoms with Crippen molar-refractivity contribution in [2.75, 3.05) is 13.6 Å². The van der Waals surface area contributed by atoms with Crippen LogP contribution in [0.4, 0.5) is 0 Å². The van der Waals surface area contributed by atoms with E-state index in [0.29, 0.717) is 48.2 Å². The first-order valence-corrected chi connectivity index (χ1v) is 18.1. The van der Waals surface area contributed by atoms with Crippen LogP contribution in [-0.4, -0.2) is 41.8 Å². The van der Waals surface area contributed by atoms with Crippen LogP contribution in [0, 0.1) is 34.5 Å². The maximum Gasteiger partial charge on any atom is 0.303 e. The largest absolute Gasteiger partial charge is 0.459 e. The highest BCUT2D eigenvalue weighted by Crippen LogP contribution is 2.69. The maximum atomic E-state index is 12.5. The van der Waals surface area contributed by atoms with E-state index in [4.69, 9.17) is 4.74 Å². The summed E-state index contributed by atoms with van der Waals surface area (Å²) in [5.41, 5.74) is 1.29. The highest BCUT2D eigenvalue weighted by atomic mass is 16.6. The van der Waals surface area contributed by atoms with Gasteiger partial charge in [0.1, 0.15) is 5.60 Å². The number of allylic oxidation sites excluding steroid dienone is 1. The zero-order chi connectivity index (χ0) is 31.3. The van der Waals surface area contributed by atoms with Crippen molar-refractivity contribution in [2.24, 2.45) is 34.5 Å². The molecule has 0 aromatic rings. The molecule has 1 amide bonds. The molecule has 0 N–H and O–H groups in total. The molecule has 4 aliphatic carbocycles. The lowest BCUT2D eigenvalue weighted by Crippen LogP contribution is -2.57. The van der Waals surface area contributed by atoms with Crippen LogP contribution in [-0.2, 0) is 19.1 Å². The Kier molecular flexibility index (Phi) is 11.6. The van der Waals surface area contributed by atoms with Gasteiger partial charge in [-0.05, 0) is 99.9 Å². The van der Waals surface area contributed by atoms with Crippen LogP contribution in [0.3, 0.4) is 0 Å². The van der Waals surface area contributed by atoms with Gasteiger partial charge in [0.05, 0.1) is 0 Å². The van der Waals surface area contributed by atoms with Gasteiger partial charge in [0.25, 0.3) is 0 Å². The predicted octanol–water partition coefficient (Wildman–Crippen LogP) is 9.23. The van der Waals surface area contributed by atoms with Crippen LogP contribution in [0.5, 0.6) is 0 Å². The fourth-order valence-electron chi connectivity index (χ4n) is 10.2. The van der Waals surface area contributed by atoms with E-state index in [0.717, 1.165) is 64.3 Å². The minimum atomic E-state index is -0.364. The number of rotatable bonds is 15. The standard InChI is InChI=1S/C38H63NO4/c1-7-8-25-39(6)34(42)18-16-14-12-10-9-11-13-15-17-29-26-30-27-31(41)19-22-36(30,3)32-20-23-37(4)33(35(29)32)21-24-38(37,5)43-28(2)40/h27,29,32-33,35H,7-26H2,1-6H3/t29-,32+,33+,35-,36+,37+,38+/m1/s1. The second kappa shape index (κ2) is 14.6. The molecule has 0 aliphatic heterocycles. The summed E-state index contributed by atoms with van der Waals surface area (Å²) in [5, 5.41) is 0. The molecule has 4 aliphatic rings. The molecule has 4 rings (SSSR count). The molecule has 0 aromatic heterocycles. The van der Waals surface area contributed by atoms with E-state index >= 15 is 0 Å². The number of ether oxygens (including phenoxy) is 1. The number of ketones is 1. The summed E-state index contributed by atoms with van der Waals surface area (Å²) in [6.07, 6.45) is 23.3. The molecule has 5 heteroatoms.